The van der Waals surface area contributed by atoms with E-state index in [-0.39, 0.29) is 18.0 Å². The number of nitrogens with one attached hydrogen (secondary N) is 1. The molecule has 0 saturated heterocycles. The topological polar surface area (TPSA) is 66.4 Å². The zero-order valence-electron chi connectivity index (χ0n) is 16.8. The number of carbonyl (C=O) groups excluding carboxylic acids is 2. The van der Waals surface area contributed by atoms with Crippen LogP contribution in [0, 0.1) is 12.8 Å². The van der Waals surface area contributed by atoms with Crippen LogP contribution in [0.1, 0.15) is 44.2 Å². The second kappa shape index (κ2) is 7.72. The van der Waals surface area contributed by atoms with Crippen LogP contribution in [0.25, 0.3) is 0 Å². The van der Waals surface area contributed by atoms with Gasteiger partial charge in [-0.25, -0.2) is 0 Å². The number of hydrogen-bond donors (Lipinski definition) is 2. The number of ketones is 2. The molecule has 4 heteroatoms. The van der Waals surface area contributed by atoms with E-state index in [4.69, 9.17) is 0 Å². The Hall–Kier alpha value is -2.72. The van der Waals surface area contributed by atoms with Crippen LogP contribution in [0.2, 0.25) is 0 Å². The first-order valence-electron chi connectivity index (χ1n) is 9.56. The largest absolute Gasteiger partial charge is 0.389 e. The van der Waals surface area contributed by atoms with Crippen molar-refractivity contribution in [2.24, 2.45) is 5.92 Å². The zero-order valence-corrected chi connectivity index (χ0v) is 16.8. The molecule has 0 radical (unpaired) electrons. The number of rotatable bonds is 5. The first kappa shape index (κ1) is 20.0. The number of aryl methyl sites for hydroxylation is 1. The second-order valence-electron chi connectivity index (χ2n) is 7.95. The van der Waals surface area contributed by atoms with E-state index in [1.54, 1.807) is 6.92 Å². The second-order valence-corrected chi connectivity index (χ2v) is 7.95. The minimum atomic E-state index is -1.27. The normalized spacial score (nSPS) is 24.8. The Morgan fingerprint density at radius 3 is 2.18 bits per heavy atom. The van der Waals surface area contributed by atoms with Crippen LogP contribution >= 0.6 is 0 Å². The molecule has 2 aromatic rings. The van der Waals surface area contributed by atoms with Gasteiger partial charge in [-0.3, -0.25) is 9.59 Å². The fraction of sp³-hybridized carbons (Fsp3) is 0.333. The Balaban J connectivity index is 2.18. The van der Waals surface area contributed by atoms with E-state index in [9.17, 15) is 14.7 Å². The highest BCUT2D eigenvalue weighted by molar-refractivity contribution is 5.98. The molecule has 0 spiro atoms. The van der Waals surface area contributed by atoms with Gasteiger partial charge in [-0.15, -0.1) is 0 Å². The first-order valence-corrected chi connectivity index (χ1v) is 9.56. The van der Waals surface area contributed by atoms with Gasteiger partial charge < -0.3 is 10.4 Å². The molecule has 0 heterocycles. The van der Waals surface area contributed by atoms with Crippen LogP contribution in [-0.2, 0) is 9.59 Å². The van der Waals surface area contributed by atoms with Crippen molar-refractivity contribution in [2.75, 3.05) is 5.32 Å². The molecule has 0 aromatic heterocycles. The summed E-state index contributed by atoms with van der Waals surface area (Å²) in [5, 5.41) is 14.6. The molecule has 0 bridgehead atoms. The van der Waals surface area contributed by atoms with Crippen molar-refractivity contribution in [3.05, 3.63) is 77.0 Å². The van der Waals surface area contributed by atoms with Crippen LogP contribution < -0.4 is 5.32 Å². The van der Waals surface area contributed by atoms with Gasteiger partial charge in [-0.1, -0.05) is 48.0 Å². The third kappa shape index (κ3) is 3.92. The van der Waals surface area contributed by atoms with Crippen molar-refractivity contribution in [1.29, 1.82) is 0 Å². The van der Waals surface area contributed by atoms with Crippen LogP contribution in [-0.4, -0.2) is 22.3 Å². The number of carbonyl (C=O) groups is 2. The van der Waals surface area contributed by atoms with Crippen LogP contribution in [0.4, 0.5) is 5.69 Å². The Kier molecular flexibility index (Phi) is 5.52. The quantitative estimate of drug-likeness (QED) is 0.811. The lowest BCUT2D eigenvalue weighted by Crippen LogP contribution is -2.48. The maximum atomic E-state index is 12.7. The van der Waals surface area contributed by atoms with Gasteiger partial charge in [-0.05, 0) is 45.4 Å². The number of anilines is 1. The molecule has 4 nitrogen and oxygen atoms in total. The number of benzene rings is 2. The lowest BCUT2D eigenvalue weighted by atomic mass is 9.64. The molecule has 0 saturated carbocycles. The molecule has 0 fully saturated rings. The van der Waals surface area contributed by atoms with Crippen molar-refractivity contribution in [3.8, 4) is 0 Å². The minimum Gasteiger partial charge on any atom is -0.389 e. The first-order chi connectivity index (χ1) is 13.2. The van der Waals surface area contributed by atoms with Crippen molar-refractivity contribution >= 4 is 17.3 Å². The van der Waals surface area contributed by atoms with E-state index < -0.39 is 17.4 Å². The number of aliphatic hydroxyl groups is 1. The molecule has 146 valence electrons. The average molecular weight is 377 g/mol. The smallest absolute Gasteiger partial charge is 0.158 e. The summed E-state index contributed by atoms with van der Waals surface area (Å²) in [6.45, 7) is 6.71. The van der Waals surface area contributed by atoms with E-state index >= 15 is 0 Å². The Bertz CT molecular complexity index is 911. The predicted molar refractivity (Wildman–Crippen MR) is 111 cm³/mol. The molecule has 1 aliphatic rings. The van der Waals surface area contributed by atoms with Gasteiger partial charge in [0.1, 0.15) is 5.78 Å². The van der Waals surface area contributed by atoms with E-state index in [0.29, 0.717) is 11.3 Å². The summed E-state index contributed by atoms with van der Waals surface area (Å²) >= 11 is 0. The third-order valence-corrected chi connectivity index (χ3v) is 5.50. The van der Waals surface area contributed by atoms with Gasteiger partial charge >= 0.3 is 0 Å². The lowest BCUT2D eigenvalue weighted by molar-refractivity contribution is -0.131. The predicted octanol–water partition coefficient (Wildman–Crippen LogP) is 4.39. The molecule has 2 aromatic carbocycles. The molecule has 28 heavy (non-hydrogen) atoms. The van der Waals surface area contributed by atoms with Gasteiger partial charge in [-0.2, -0.15) is 0 Å². The van der Waals surface area contributed by atoms with E-state index in [0.717, 1.165) is 16.8 Å². The Morgan fingerprint density at radius 2 is 1.64 bits per heavy atom. The number of allylic oxidation sites excluding steroid dienone is 1. The van der Waals surface area contributed by atoms with Crippen LogP contribution in [0.15, 0.2) is 65.9 Å². The highest BCUT2D eigenvalue weighted by Crippen LogP contribution is 2.47. The van der Waals surface area contributed by atoms with E-state index in [1.807, 2.05) is 61.5 Å². The monoisotopic (exact) mass is 377 g/mol. The Labute approximate surface area is 166 Å². The molecule has 0 aliphatic heterocycles. The van der Waals surface area contributed by atoms with Gasteiger partial charge in [0.05, 0.1) is 11.5 Å². The van der Waals surface area contributed by atoms with Gasteiger partial charge in [0.25, 0.3) is 0 Å². The highest BCUT2D eigenvalue weighted by Gasteiger charge is 2.49. The summed E-state index contributed by atoms with van der Waals surface area (Å²) < 4.78 is 0. The van der Waals surface area contributed by atoms with E-state index in [2.05, 4.69) is 5.32 Å². The van der Waals surface area contributed by atoms with Crippen molar-refractivity contribution in [1.82, 2.24) is 0 Å². The highest BCUT2D eigenvalue weighted by atomic mass is 16.3. The van der Waals surface area contributed by atoms with Gasteiger partial charge in [0.15, 0.2) is 5.78 Å². The SMILES string of the molecule is CC(=O)C1=C(Nc2ccc(C)cc2)CC(C)(O)C(C(C)=O)C1c1ccccc1. The summed E-state index contributed by atoms with van der Waals surface area (Å²) in [5.74, 6) is -1.39. The van der Waals surface area contributed by atoms with Crippen molar-refractivity contribution in [3.63, 3.8) is 0 Å². The number of hydrogen-bond acceptors (Lipinski definition) is 4. The third-order valence-electron chi connectivity index (χ3n) is 5.50. The Morgan fingerprint density at radius 1 is 1.04 bits per heavy atom. The number of Topliss-reactive ketones (excluding diaryl/α,β-unsaturated/α-hetero) is 2. The molecular weight excluding hydrogens is 350 g/mol. The summed E-state index contributed by atoms with van der Waals surface area (Å²) in [5.41, 5.74) is 2.82. The standard InChI is InChI=1S/C24H27NO3/c1-15-10-12-19(13-11-15)25-20-14-24(4,28)23(17(3)27)22(21(20)16(2)26)18-8-6-5-7-9-18/h5-13,22-23,25,28H,14H2,1-4H3. The summed E-state index contributed by atoms with van der Waals surface area (Å²) in [6.07, 6.45) is 0.212. The average Bonchev–Trinajstić information content (AvgIpc) is 2.62. The fourth-order valence-corrected chi connectivity index (χ4v) is 4.32. The van der Waals surface area contributed by atoms with Crippen molar-refractivity contribution in [2.45, 2.75) is 45.6 Å². The fourth-order valence-electron chi connectivity index (χ4n) is 4.32. The molecule has 2 N–H and O–H groups in total. The zero-order chi connectivity index (χ0) is 20.5. The summed E-state index contributed by atoms with van der Waals surface area (Å²) in [6, 6.07) is 17.4. The lowest BCUT2D eigenvalue weighted by Gasteiger charge is -2.43. The maximum absolute atomic E-state index is 12.7. The van der Waals surface area contributed by atoms with E-state index in [1.165, 1.54) is 13.8 Å². The van der Waals surface area contributed by atoms with Crippen LogP contribution in [0.3, 0.4) is 0 Å². The molecule has 3 rings (SSSR count). The molecule has 3 unspecified atom stereocenters. The minimum absolute atomic E-state index is 0.0924. The molecule has 3 atom stereocenters. The van der Waals surface area contributed by atoms with Crippen molar-refractivity contribution < 1.29 is 14.7 Å². The molecule has 1 aliphatic carbocycles. The van der Waals surface area contributed by atoms with Gasteiger partial charge in [0.2, 0.25) is 0 Å². The van der Waals surface area contributed by atoms with Crippen LogP contribution in [0.5, 0.6) is 0 Å². The van der Waals surface area contributed by atoms with Gasteiger partial charge in [0, 0.05) is 29.3 Å². The summed E-state index contributed by atoms with van der Waals surface area (Å²) in [7, 11) is 0. The molecular formula is C24H27NO3. The maximum Gasteiger partial charge on any atom is 0.158 e. The summed E-state index contributed by atoms with van der Waals surface area (Å²) in [4.78, 5) is 25.3. The molecule has 0 amide bonds.